The van der Waals surface area contributed by atoms with Crippen molar-refractivity contribution in [1.29, 1.82) is 0 Å². The van der Waals surface area contributed by atoms with Gasteiger partial charge in [0.1, 0.15) is 6.67 Å². The molecule has 1 saturated heterocycles. The lowest BCUT2D eigenvalue weighted by Gasteiger charge is -2.18. The van der Waals surface area contributed by atoms with Gasteiger partial charge in [-0.2, -0.15) is 0 Å². The summed E-state index contributed by atoms with van der Waals surface area (Å²) in [4.78, 5) is 27.2. The van der Waals surface area contributed by atoms with Crippen molar-refractivity contribution in [2.24, 2.45) is 16.5 Å². The molecule has 1 fully saturated rings. The summed E-state index contributed by atoms with van der Waals surface area (Å²) in [6, 6.07) is -1.10. The number of amides is 1. The van der Waals surface area contributed by atoms with E-state index < -0.39 is 18.5 Å². The number of alkyl halides is 1. The van der Waals surface area contributed by atoms with E-state index in [1.807, 2.05) is 0 Å². The first-order valence-electron chi connectivity index (χ1n) is 6.72. The molecule has 1 aliphatic heterocycles. The fraction of sp³-hybridized carbons (Fsp3) is 0.750. The van der Waals surface area contributed by atoms with E-state index in [9.17, 15) is 14.0 Å². The van der Waals surface area contributed by atoms with Gasteiger partial charge in [-0.1, -0.05) is 0 Å². The molecule has 1 aliphatic rings. The average Bonchev–Trinajstić information content (AvgIpc) is 2.95. The fourth-order valence-corrected chi connectivity index (χ4v) is 2.09. The molecule has 1 amide bonds. The van der Waals surface area contributed by atoms with Crippen LogP contribution in [0.15, 0.2) is 4.99 Å². The highest BCUT2D eigenvalue weighted by Gasteiger charge is 2.26. The van der Waals surface area contributed by atoms with Gasteiger partial charge in [0.2, 0.25) is 5.91 Å². The Morgan fingerprint density at radius 2 is 2.20 bits per heavy atom. The summed E-state index contributed by atoms with van der Waals surface area (Å²) in [7, 11) is 0. The van der Waals surface area contributed by atoms with Crippen LogP contribution in [-0.4, -0.2) is 49.5 Å². The lowest BCUT2D eigenvalue weighted by Crippen LogP contribution is -2.48. The molecule has 1 heterocycles. The van der Waals surface area contributed by atoms with E-state index in [2.05, 4.69) is 15.6 Å². The Bertz CT molecular complexity index is 365. The molecule has 0 bridgehead atoms. The third-order valence-corrected chi connectivity index (χ3v) is 3.16. The van der Waals surface area contributed by atoms with Crippen molar-refractivity contribution >= 4 is 17.6 Å². The molecule has 0 radical (unpaired) electrons. The molecule has 0 aromatic rings. The first-order chi connectivity index (χ1) is 9.54. The van der Waals surface area contributed by atoms with E-state index in [4.69, 9.17) is 11.5 Å². The molecule has 1 rings (SSSR count). The Labute approximate surface area is 117 Å². The number of Topliss-reactive ketones (excluding diaryl/α,β-unsaturated/α-hetero) is 1. The zero-order valence-electron chi connectivity index (χ0n) is 11.4. The normalized spacial score (nSPS) is 19.4. The molecule has 6 N–H and O–H groups in total. The summed E-state index contributed by atoms with van der Waals surface area (Å²) < 4.78 is 12.5. The predicted octanol–water partition coefficient (Wildman–Crippen LogP) is -1.18. The largest absolute Gasteiger partial charge is 0.370 e. The van der Waals surface area contributed by atoms with E-state index in [1.165, 1.54) is 0 Å². The minimum absolute atomic E-state index is 0.0300. The number of carbonyl (C=O) groups is 2. The first-order valence-corrected chi connectivity index (χ1v) is 6.72. The van der Waals surface area contributed by atoms with Crippen molar-refractivity contribution in [1.82, 2.24) is 10.6 Å². The number of rotatable bonds is 8. The average molecular weight is 287 g/mol. The SMILES string of the molecule is NC(N)=NCCC[C@H](NC(=O)[C@@H]1CCCN1)C(=O)CF. The molecule has 8 heteroatoms. The molecule has 20 heavy (non-hydrogen) atoms. The maximum atomic E-state index is 12.5. The Morgan fingerprint density at radius 3 is 2.75 bits per heavy atom. The molecule has 0 aromatic heterocycles. The highest BCUT2D eigenvalue weighted by atomic mass is 19.1. The number of hydrogen-bond acceptors (Lipinski definition) is 4. The van der Waals surface area contributed by atoms with Gasteiger partial charge >= 0.3 is 0 Å². The molecule has 2 atom stereocenters. The third kappa shape index (κ3) is 5.52. The second kappa shape index (κ2) is 8.47. The number of guanidine groups is 1. The molecule has 0 unspecified atom stereocenters. The van der Waals surface area contributed by atoms with Crippen LogP contribution in [0.4, 0.5) is 4.39 Å². The van der Waals surface area contributed by atoms with Crippen LogP contribution in [0.3, 0.4) is 0 Å². The van der Waals surface area contributed by atoms with Gasteiger partial charge in [-0.15, -0.1) is 0 Å². The van der Waals surface area contributed by atoms with Crippen LogP contribution in [0.1, 0.15) is 25.7 Å². The number of hydrogen-bond donors (Lipinski definition) is 4. The van der Waals surface area contributed by atoms with Crippen LogP contribution in [-0.2, 0) is 9.59 Å². The van der Waals surface area contributed by atoms with Gasteiger partial charge in [0.05, 0.1) is 12.1 Å². The van der Waals surface area contributed by atoms with Crippen LogP contribution in [0.2, 0.25) is 0 Å². The number of halogens is 1. The summed E-state index contributed by atoms with van der Waals surface area (Å²) in [6.45, 7) is 0.0333. The van der Waals surface area contributed by atoms with Crippen molar-refractivity contribution in [3.05, 3.63) is 0 Å². The van der Waals surface area contributed by atoms with Gasteiger partial charge in [0.25, 0.3) is 0 Å². The van der Waals surface area contributed by atoms with Crippen molar-refractivity contribution in [2.75, 3.05) is 19.8 Å². The number of ketones is 1. The lowest BCUT2D eigenvalue weighted by atomic mass is 10.1. The molecule has 0 aliphatic carbocycles. The Balaban J connectivity index is 2.44. The van der Waals surface area contributed by atoms with Crippen LogP contribution in [0.25, 0.3) is 0 Å². The zero-order chi connectivity index (χ0) is 15.0. The number of nitrogens with zero attached hydrogens (tertiary/aromatic N) is 1. The molecule has 0 spiro atoms. The summed E-state index contributed by atoms with van der Waals surface area (Å²) >= 11 is 0. The van der Waals surface area contributed by atoms with Gasteiger partial charge in [-0.05, 0) is 32.2 Å². The number of nitrogens with two attached hydrogens (primary N) is 2. The van der Waals surface area contributed by atoms with E-state index >= 15 is 0 Å². The van der Waals surface area contributed by atoms with E-state index in [1.54, 1.807) is 0 Å². The van der Waals surface area contributed by atoms with Gasteiger partial charge in [0, 0.05) is 6.54 Å². The van der Waals surface area contributed by atoms with E-state index in [-0.39, 0.29) is 17.9 Å². The second-order valence-electron chi connectivity index (χ2n) is 4.76. The fourth-order valence-electron chi connectivity index (χ4n) is 2.09. The summed E-state index contributed by atoms with van der Waals surface area (Å²) in [6.07, 6.45) is 2.46. The van der Waals surface area contributed by atoms with Crippen LogP contribution >= 0.6 is 0 Å². The maximum Gasteiger partial charge on any atom is 0.237 e. The molecular weight excluding hydrogens is 265 g/mol. The molecule has 114 valence electrons. The highest BCUT2D eigenvalue weighted by molar-refractivity contribution is 5.91. The number of nitrogens with one attached hydrogen (secondary N) is 2. The Morgan fingerprint density at radius 1 is 1.45 bits per heavy atom. The standard InChI is InChI=1S/C12H22FN5O2/c13-7-10(19)8(3-1-6-17-12(14)15)18-11(20)9-4-2-5-16-9/h8-9,16H,1-7H2,(H,18,20)(H4,14,15,17)/t8-,9-/m0/s1. The van der Waals surface area contributed by atoms with E-state index in [0.29, 0.717) is 19.4 Å². The minimum Gasteiger partial charge on any atom is -0.370 e. The molecular formula is C12H22FN5O2. The summed E-state index contributed by atoms with van der Waals surface area (Å²) in [5.74, 6) is -0.908. The highest BCUT2D eigenvalue weighted by Crippen LogP contribution is 2.07. The van der Waals surface area contributed by atoms with Crippen molar-refractivity contribution in [3.63, 3.8) is 0 Å². The van der Waals surface area contributed by atoms with Crippen LogP contribution in [0.5, 0.6) is 0 Å². The third-order valence-electron chi connectivity index (χ3n) is 3.16. The number of aliphatic imine (C=N–C) groups is 1. The van der Waals surface area contributed by atoms with Crippen molar-refractivity contribution in [2.45, 2.75) is 37.8 Å². The summed E-state index contributed by atoms with van der Waals surface area (Å²) in [5, 5.41) is 5.62. The summed E-state index contributed by atoms with van der Waals surface area (Å²) in [5.41, 5.74) is 10.4. The van der Waals surface area contributed by atoms with E-state index in [0.717, 1.165) is 19.4 Å². The molecule has 0 saturated carbocycles. The molecule has 0 aromatic carbocycles. The topological polar surface area (TPSA) is 123 Å². The Kier molecular flexibility index (Phi) is 6.92. The second-order valence-corrected chi connectivity index (χ2v) is 4.76. The van der Waals surface area contributed by atoms with Crippen LogP contribution < -0.4 is 22.1 Å². The van der Waals surface area contributed by atoms with Crippen molar-refractivity contribution < 1.29 is 14.0 Å². The predicted molar refractivity (Wildman–Crippen MR) is 73.8 cm³/mol. The van der Waals surface area contributed by atoms with Crippen LogP contribution in [0, 0.1) is 0 Å². The minimum atomic E-state index is -1.09. The van der Waals surface area contributed by atoms with Gasteiger partial charge in [0.15, 0.2) is 11.7 Å². The maximum absolute atomic E-state index is 12.5. The smallest absolute Gasteiger partial charge is 0.237 e. The lowest BCUT2D eigenvalue weighted by molar-refractivity contribution is -0.129. The zero-order valence-corrected chi connectivity index (χ0v) is 11.4. The quantitative estimate of drug-likeness (QED) is 0.254. The number of carbonyl (C=O) groups excluding carboxylic acids is 2. The van der Waals surface area contributed by atoms with Gasteiger partial charge < -0.3 is 22.1 Å². The first kappa shape index (κ1) is 16.4. The molecule has 7 nitrogen and oxygen atoms in total. The monoisotopic (exact) mass is 287 g/mol. The van der Waals surface area contributed by atoms with Gasteiger partial charge in [-0.25, -0.2) is 4.39 Å². The Hall–Kier alpha value is -1.70. The van der Waals surface area contributed by atoms with Crippen molar-refractivity contribution in [3.8, 4) is 0 Å². The van der Waals surface area contributed by atoms with Gasteiger partial charge in [-0.3, -0.25) is 14.6 Å².